The van der Waals surface area contributed by atoms with Gasteiger partial charge in [-0.15, -0.1) is 5.10 Å². The summed E-state index contributed by atoms with van der Waals surface area (Å²) in [6.07, 6.45) is 6.23. The van der Waals surface area contributed by atoms with Gasteiger partial charge in [0, 0.05) is 18.8 Å². The zero-order valence-corrected chi connectivity index (χ0v) is 13.3. The predicted octanol–water partition coefficient (Wildman–Crippen LogP) is 1.47. The van der Waals surface area contributed by atoms with Crippen molar-refractivity contribution in [3.63, 3.8) is 0 Å². The molecule has 6 nitrogen and oxygen atoms in total. The van der Waals surface area contributed by atoms with E-state index in [2.05, 4.69) is 39.5 Å². The normalized spacial score (nSPS) is 18.5. The van der Waals surface area contributed by atoms with Crippen molar-refractivity contribution in [2.75, 3.05) is 20.1 Å². The van der Waals surface area contributed by atoms with Crippen LogP contribution >= 0.6 is 0 Å². The average molecular weight is 300 g/mol. The van der Waals surface area contributed by atoms with Crippen molar-refractivity contribution in [1.29, 1.82) is 0 Å². The molecule has 0 aliphatic carbocycles. The molecule has 0 saturated carbocycles. The molecule has 1 atom stereocenters. The standard InChI is InChI=1S/C16H24N6/c1-13(16-5-3-4-8-17-16)22-12-15(19-20-22)11-18-14-6-9-21(2)10-7-14/h3-5,8,12-14,18H,6-7,9-11H2,1-2H3/t13-/m1/s1. The second-order valence-electron chi connectivity index (χ2n) is 6.08. The van der Waals surface area contributed by atoms with Gasteiger partial charge in [0.2, 0.25) is 0 Å². The van der Waals surface area contributed by atoms with Crippen LogP contribution in [0, 0.1) is 0 Å². The van der Waals surface area contributed by atoms with E-state index in [1.807, 2.05) is 35.3 Å². The Morgan fingerprint density at radius 3 is 2.86 bits per heavy atom. The Kier molecular flexibility index (Phi) is 4.80. The van der Waals surface area contributed by atoms with Crippen molar-refractivity contribution >= 4 is 0 Å². The highest BCUT2D eigenvalue weighted by Gasteiger charge is 2.17. The quantitative estimate of drug-likeness (QED) is 0.906. The Labute approximate surface area is 131 Å². The molecule has 0 bridgehead atoms. The van der Waals surface area contributed by atoms with Crippen molar-refractivity contribution in [3.05, 3.63) is 42.0 Å². The summed E-state index contributed by atoms with van der Waals surface area (Å²) in [5.74, 6) is 0. The van der Waals surface area contributed by atoms with E-state index in [4.69, 9.17) is 0 Å². The van der Waals surface area contributed by atoms with Crippen LogP contribution in [0.5, 0.6) is 0 Å². The van der Waals surface area contributed by atoms with Crippen LogP contribution in [0.4, 0.5) is 0 Å². The molecular weight excluding hydrogens is 276 g/mol. The summed E-state index contributed by atoms with van der Waals surface area (Å²) in [7, 11) is 2.18. The number of aromatic nitrogens is 4. The maximum atomic E-state index is 4.38. The fourth-order valence-electron chi connectivity index (χ4n) is 2.80. The molecule has 2 aromatic rings. The molecule has 3 heterocycles. The van der Waals surface area contributed by atoms with E-state index in [9.17, 15) is 0 Å². The summed E-state index contributed by atoms with van der Waals surface area (Å²) in [5.41, 5.74) is 1.99. The highest BCUT2D eigenvalue weighted by atomic mass is 15.4. The van der Waals surface area contributed by atoms with Crippen molar-refractivity contribution in [2.45, 2.75) is 38.4 Å². The fourth-order valence-corrected chi connectivity index (χ4v) is 2.80. The molecule has 1 saturated heterocycles. The number of nitrogens with one attached hydrogen (secondary N) is 1. The lowest BCUT2D eigenvalue weighted by atomic mass is 10.1. The first-order valence-electron chi connectivity index (χ1n) is 7.96. The van der Waals surface area contributed by atoms with Crippen LogP contribution in [0.3, 0.4) is 0 Å². The fraction of sp³-hybridized carbons (Fsp3) is 0.562. The van der Waals surface area contributed by atoms with Gasteiger partial charge < -0.3 is 10.2 Å². The number of pyridine rings is 1. The minimum Gasteiger partial charge on any atom is -0.308 e. The molecule has 1 fully saturated rings. The maximum absolute atomic E-state index is 4.38. The molecule has 118 valence electrons. The van der Waals surface area contributed by atoms with Gasteiger partial charge in [-0.3, -0.25) is 4.98 Å². The first-order chi connectivity index (χ1) is 10.7. The number of piperidine rings is 1. The molecular formula is C16H24N6. The minimum absolute atomic E-state index is 0.103. The summed E-state index contributed by atoms with van der Waals surface area (Å²) in [6, 6.07) is 6.63. The second-order valence-corrected chi connectivity index (χ2v) is 6.08. The molecule has 1 N–H and O–H groups in total. The summed E-state index contributed by atoms with van der Waals surface area (Å²) in [4.78, 5) is 6.76. The van der Waals surface area contributed by atoms with Crippen LogP contribution in [0.1, 0.15) is 37.2 Å². The van der Waals surface area contributed by atoms with Gasteiger partial charge in [-0.05, 0) is 52.0 Å². The largest absolute Gasteiger partial charge is 0.308 e. The van der Waals surface area contributed by atoms with Gasteiger partial charge in [-0.25, -0.2) is 4.68 Å². The van der Waals surface area contributed by atoms with Crippen molar-refractivity contribution in [3.8, 4) is 0 Å². The Morgan fingerprint density at radius 1 is 1.32 bits per heavy atom. The van der Waals surface area contributed by atoms with E-state index < -0.39 is 0 Å². The molecule has 22 heavy (non-hydrogen) atoms. The van der Waals surface area contributed by atoms with Crippen LogP contribution in [0.25, 0.3) is 0 Å². The minimum atomic E-state index is 0.103. The molecule has 6 heteroatoms. The van der Waals surface area contributed by atoms with E-state index in [0.29, 0.717) is 6.04 Å². The number of likely N-dealkylation sites (tertiary alicyclic amines) is 1. The van der Waals surface area contributed by atoms with Gasteiger partial charge in [0.05, 0.1) is 23.6 Å². The Balaban J connectivity index is 1.55. The summed E-state index contributed by atoms with van der Waals surface area (Å²) >= 11 is 0. The van der Waals surface area contributed by atoms with Crippen molar-refractivity contribution in [1.82, 2.24) is 30.2 Å². The van der Waals surface area contributed by atoms with Crippen LogP contribution in [0.15, 0.2) is 30.6 Å². The average Bonchev–Trinajstić information content (AvgIpc) is 3.03. The molecule has 2 aromatic heterocycles. The van der Waals surface area contributed by atoms with E-state index in [1.54, 1.807) is 0 Å². The lowest BCUT2D eigenvalue weighted by Gasteiger charge is -2.29. The number of hydrogen-bond donors (Lipinski definition) is 1. The molecule has 0 radical (unpaired) electrons. The zero-order valence-electron chi connectivity index (χ0n) is 13.3. The Morgan fingerprint density at radius 2 is 2.14 bits per heavy atom. The van der Waals surface area contributed by atoms with E-state index in [0.717, 1.165) is 17.9 Å². The van der Waals surface area contributed by atoms with E-state index >= 15 is 0 Å². The van der Waals surface area contributed by atoms with Crippen molar-refractivity contribution < 1.29 is 0 Å². The number of nitrogens with zero attached hydrogens (tertiary/aromatic N) is 5. The Hall–Kier alpha value is -1.79. The van der Waals surface area contributed by atoms with E-state index in [-0.39, 0.29) is 6.04 Å². The SMILES string of the molecule is C[C@H](c1ccccn1)n1cc(CNC2CCN(C)CC2)nn1. The van der Waals surface area contributed by atoms with E-state index in [1.165, 1.54) is 25.9 Å². The lowest BCUT2D eigenvalue weighted by molar-refractivity contribution is 0.233. The van der Waals surface area contributed by atoms with Crippen LogP contribution in [0.2, 0.25) is 0 Å². The molecule has 3 rings (SSSR count). The third-order valence-electron chi connectivity index (χ3n) is 4.36. The van der Waals surface area contributed by atoms with Gasteiger partial charge in [0.25, 0.3) is 0 Å². The van der Waals surface area contributed by atoms with Gasteiger partial charge >= 0.3 is 0 Å². The molecule has 1 aliphatic rings. The smallest absolute Gasteiger partial charge is 0.0965 e. The Bertz CT molecular complexity index is 573. The number of rotatable bonds is 5. The van der Waals surface area contributed by atoms with Crippen LogP contribution in [-0.4, -0.2) is 51.1 Å². The zero-order chi connectivity index (χ0) is 15.4. The number of hydrogen-bond acceptors (Lipinski definition) is 5. The maximum Gasteiger partial charge on any atom is 0.0965 e. The first-order valence-corrected chi connectivity index (χ1v) is 7.96. The van der Waals surface area contributed by atoms with Gasteiger partial charge in [-0.2, -0.15) is 0 Å². The van der Waals surface area contributed by atoms with Gasteiger partial charge in [0.1, 0.15) is 0 Å². The van der Waals surface area contributed by atoms with Crippen molar-refractivity contribution in [2.24, 2.45) is 0 Å². The van der Waals surface area contributed by atoms with Crippen LogP contribution < -0.4 is 5.32 Å². The molecule has 0 aromatic carbocycles. The summed E-state index contributed by atoms with van der Waals surface area (Å²) < 4.78 is 1.88. The van der Waals surface area contributed by atoms with Gasteiger partial charge in [-0.1, -0.05) is 11.3 Å². The second kappa shape index (κ2) is 6.98. The molecule has 0 amide bonds. The highest BCUT2D eigenvalue weighted by molar-refractivity contribution is 5.09. The van der Waals surface area contributed by atoms with Crippen LogP contribution in [-0.2, 0) is 6.54 Å². The predicted molar refractivity (Wildman–Crippen MR) is 85.4 cm³/mol. The topological polar surface area (TPSA) is 58.9 Å². The highest BCUT2D eigenvalue weighted by Crippen LogP contribution is 2.14. The molecule has 0 unspecified atom stereocenters. The third-order valence-corrected chi connectivity index (χ3v) is 4.36. The monoisotopic (exact) mass is 300 g/mol. The summed E-state index contributed by atoms with van der Waals surface area (Å²) in [6.45, 7) is 5.21. The third kappa shape index (κ3) is 3.69. The lowest BCUT2D eigenvalue weighted by Crippen LogP contribution is -2.40. The van der Waals surface area contributed by atoms with Gasteiger partial charge in [0.15, 0.2) is 0 Å². The molecule has 1 aliphatic heterocycles. The summed E-state index contributed by atoms with van der Waals surface area (Å²) in [5, 5.41) is 12.1. The first kappa shape index (κ1) is 15.1. The molecule has 0 spiro atoms.